The first kappa shape index (κ1) is 17.4. The molecule has 1 heterocycles. The SMILES string of the molecule is CNCC(C)C(=O)Nc1ccc(C(=O)NC2CCOCC2)cc1. The molecule has 1 aliphatic rings. The van der Waals surface area contributed by atoms with Crippen LogP contribution in [0.4, 0.5) is 5.69 Å². The van der Waals surface area contributed by atoms with Crippen LogP contribution in [0.5, 0.6) is 0 Å². The van der Waals surface area contributed by atoms with Crippen LogP contribution in [0, 0.1) is 5.92 Å². The average molecular weight is 319 g/mol. The minimum absolute atomic E-state index is 0.0428. The van der Waals surface area contributed by atoms with Crippen LogP contribution in [0.1, 0.15) is 30.1 Å². The lowest BCUT2D eigenvalue weighted by Crippen LogP contribution is -2.38. The summed E-state index contributed by atoms with van der Waals surface area (Å²) in [4.78, 5) is 24.1. The monoisotopic (exact) mass is 319 g/mol. The van der Waals surface area contributed by atoms with E-state index in [-0.39, 0.29) is 23.8 Å². The Balaban J connectivity index is 1.88. The predicted molar refractivity (Wildman–Crippen MR) is 89.5 cm³/mol. The van der Waals surface area contributed by atoms with Crippen LogP contribution >= 0.6 is 0 Å². The zero-order valence-corrected chi connectivity index (χ0v) is 13.7. The van der Waals surface area contributed by atoms with E-state index in [1.807, 2.05) is 14.0 Å². The Hall–Kier alpha value is -1.92. The molecule has 0 bridgehead atoms. The maximum atomic E-state index is 12.2. The van der Waals surface area contributed by atoms with Crippen LogP contribution in [0.15, 0.2) is 24.3 Å². The van der Waals surface area contributed by atoms with Gasteiger partial charge in [0.1, 0.15) is 0 Å². The molecule has 3 N–H and O–H groups in total. The highest BCUT2D eigenvalue weighted by molar-refractivity contribution is 5.96. The summed E-state index contributed by atoms with van der Waals surface area (Å²) in [6, 6.07) is 7.14. The fraction of sp³-hybridized carbons (Fsp3) is 0.529. The van der Waals surface area contributed by atoms with Crippen molar-refractivity contribution in [3.05, 3.63) is 29.8 Å². The van der Waals surface area contributed by atoms with E-state index < -0.39 is 0 Å². The maximum absolute atomic E-state index is 12.2. The molecule has 2 rings (SSSR count). The van der Waals surface area contributed by atoms with Crippen molar-refractivity contribution in [1.29, 1.82) is 0 Å². The number of hydrogen-bond donors (Lipinski definition) is 3. The number of carbonyl (C=O) groups excluding carboxylic acids is 2. The molecule has 1 aromatic carbocycles. The minimum atomic E-state index is -0.114. The Morgan fingerprint density at radius 2 is 1.87 bits per heavy atom. The lowest BCUT2D eigenvalue weighted by Gasteiger charge is -2.23. The quantitative estimate of drug-likeness (QED) is 0.740. The molecule has 1 aromatic rings. The Labute approximate surface area is 137 Å². The van der Waals surface area contributed by atoms with Gasteiger partial charge in [0.25, 0.3) is 5.91 Å². The van der Waals surface area contributed by atoms with E-state index >= 15 is 0 Å². The number of benzene rings is 1. The van der Waals surface area contributed by atoms with Crippen LogP contribution in [-0.2, 0) is 9.53 Å². The normalized spacial score (nSPS) is 16.6. The minimum Gasteiger partial charge on any atom is -0.381 e. The first-order valence-corrected chi connectivity index (χ1v) is 8.04. The van der Waals surface area contributed by atoms with Crippen molar-refractivity contribution in [1.82, 2.24) is 10.6 Å². The molecule has 6 nitrogen and oxygen atoms in total. The first-order chi connectivity index (χ1) is 11.1. The number of rotatable bonds is 6. The molecule has 1 fully saturated rings. The second-order valence-corrected chi connectivity index (χ2v) is 5.89. The summed E-state index contributed by atoms with van der Waals surface area (Å²) in [7, 11) is 1.82. The molecular weight excluding hydrogens is 294 g/mol. The molecule has 1 saturated heterocycles. The van der Waals surface area contributed by atoms with Crippen molar-refractivity contribution in [3.8, 4) is 0 Å². The van der Waals surface area contributed by atoms with Crippen molar-refractivity contribution in [2.24, 2.45) is 5.92 Å². The van der Waals surface area contributed by atoms with Crippen molar-refractivity contribution in [2.45, 2.75) is 25.8 Å². The molecule has 0 spiro atoms. The molecule has 0 aliphatic carbocycles. The average Bonchev–Trinajstić information content (AvgIpc) is 2.56. The van der Waals surface area contributed by atoms with E-state index in [4.69, 9.17) is 4.74 Å². The van der Waals surface area contributed by atoms with Crippen LogP contribution in [0.2, 0.25) is 0 Å². The van der Waals surface area contributed by atoms with Gasteiger partial charge in [0.15, 0.2) is 0 Å². The highest BCUT2D eigenvalue weighted by atomic mass is 16.5. The van der Waals surface area contributed by atoms with E-state index in [1.54, 1.807) is 24.3 Å². The second kappa shape index (κ2) is 8.64. The van der Waals surface area contributed by atoms with E-state index in [1.165, 1.54) is 0 Å². The third kappa shape index (κ3) is 5.33. The number of anilines is 1. The van der Waals surface area contributed by atoms with Crippen molar-refractivity contribution < 1.29 is 14.3 Å². The largest absolute Gasteiger partial charge is 0.381 e. The Morgan fingerprint density at radius 1 is 1.22 bits per heavy atom. The maximum Gasteiger partial charge on any atom is 0.251 e. The molecule has 1 aliphatic heterocycles. The molecule has 6 heteroatoms. The zero-order valence-electron chi connectivity index (χ0n) is 13.7. The molecule has 0 saturated carbocycles. The summed E-state index contributed by atoms with van der Waals surface area (Å²) in [6.07, 6.45) is 1.70. The van der Waals surface area contributed by atoms with E-state index in [0.29, 0.717) is 31.0 Å². The van der Waals surface area contributed by atoms with Gasteiger partial charge >= 0.3 is 0 Å². The molecule has 126 valence electrons. The van der Waals surface area contributed by atoms with E-state index in [2.05, 4.69) is 16.0 Å². The highest BCUT2D eigenvalue weighted by Crippen LogP contribution is 2.12. The van der Waals surface area contributed by atoms with Crippen molar-refractivity contribution in [3.63, 3.8) is 0 Å². The predicted octanol–water partition coefficient (Wildman–Crippen LogP) is 1.39. The molecular formula is C17H25N3O3. The number of carbonyl (C=O) groups is 2. The molecule has 1 unspecified atom stereocenters. The number of amides is 2. The van der Waals surface area contributed by atoms with Crippen molar-refractivity contribution in [2.75, 3.05) is 32.1 Å². The van der Waals surface area contributed by atoms with Gasteiger partial charge in [0, 0.05) is 43.0 Å². The molecule has 23 heavy (non-hydrogen) atoms. The summed E-state index contributed by atoms with van der Waals surface area (Å²) in [5.41, 5.74) is 1.29. The highest BCUT2D eigenvalue weighted by Gasteiger charge is 2.17. The smallest absolute Gasteiger partial charge is 0.251 e. The van der Waals surface area contributed by atoms with Gasteiger partial charge in [-0.25, -0.2) is 0 Å². The molecule has 0 aromatic heterocycles. The Bertz CT molecular complexity index is 524. The van der Waals surface area contributed by atoms with Crippen LogP contribution in [0.25, 0.3) is 0 Å². The van der Waals surface area contributed by atoms with Gasteiger partial charge in [-0.15, -0.1) is 0 Å². The van der Waals surface area contributed by atoms with Gasteiger partial charge in [-0.05, 0) is 44.2 Å². The third-order valence-electron chi connectivity index (χ3n) is 3.93. The summed E-state index contributed by atoms with van der Waals surface area (Å²) >= 11 is 0. The van der Waals surface area contributed by atoms with Crippen LogP contribution in [0.3, 0.4) is 0 Å². The lowest BCUT2D eigenvalue weighted by atomic mass is 10.1. The lowest BCUT2D eigenvalue weighted by molar-refractivity contribution is -0.119. The summed E-state index contributed by atoms with van der Waals surface area (Å²) < 4.78 is 5.28. The third-order valence-corrected chi connectivity index (χ3v) is 3.93. The van der Waals surface area contributed by atoms with Gasteiger partial charge < -0.3 is 20.7 Å². The fourth-order valence-corrected chi connectivity index (χ4v) is 2.48. The van der Waals surface area contributed by atoms with Crippen LogP contribution in [-0.4, -0.2) is 44.7 Å². The van der Waals surface area contributed by atoms with Crippen LogP contribution < -0.4 is 16.0 Å². The summed E-state index contributed by atoms with van der Waals surface area (Å²) in [5.74, 6) is -0.242. The van der Waals surface area contributed by atoms with E-state index in [0.717, 1.165) is 12.8 Å². The fourth-order valence-electron chi connectivity index (χ4n) is 2.48. The summed E-state index contributed by atoms with van der Waals surface area (Å²) in [6.45, 7) is 3.88. The number of ether oxygens (including phenoxy) is 1. The van der Waals surface area contributed by atoms with Crippen molar-refractivity contribution >= 4 is 17.5 Å². The van der Waals surface area contributed by atoms with E-state index in [9.17, 15) is 9.59 Å². The van der Waals surface area contributed by atoms with Gasteiger partial charge in [-0.2, -0.15) is 0 Å². The standard InChI is InChI=1S/C17H25N3O3/c1-12(11-18-2)16(21)19-14-5-3-13(4-6-14)17(22)20-15-7-9-23-10-8-15/h3-6,12,15,18H,7-11H2,1-2H3,(H,19,21)(H,20,22). The Kier molecular flexibility index (Phi) is 6.55. The zero-order chi connectivity index (χ0) is 16.7. The molecule has 0 radical (unpaired) electrons. The van der Waals surface area contributed by atoms with Gasteiger partial charge in [-0.1, -0.05) is 6.92 Å². The number of nitrogens with one attached hydrogen (secondary N) is 3. The summed E-state index contributed by atoms with van der Waals surface area (Å²) in [5, 5.41) is 8.84. The topological polar surface area (TPSA) is 79.5 Å². The molecule has 2 amide bonds. The second-order valence-electron chi connectivity index (χ2n) is 5.89. The first-order valence-electron chi connectivity index (χ1n) is 8.04. The van der Waals surface area contributed by atoms with Gasteiger partial charge in [-0.3, -0.25) is 9.59 Å². The Morgan fingerprint density at radius 3 is 2.48 bits per heavy atom. The van der Waals surface area contributed by atoms with Gasteiger partial charge in [0.2, 0.25) is 5.91 Å². The molecule has 1 atom stereocenters. The van der Waals surface area contributed by atoms with Gasteiger partial charge in [0.05, 0.1) is 0 Å². The number of hydrogen-bond acceptors (Lipinski definition) is 4.